The molecule has 0 atom stereocenters. The maximum atomic E-state index is 12.6. The van der Waals surface area contributed by atoms with Crippen LogP contribution in [0.25, 0.3) is 0 Å². The van der Waals surface area contributed by atoms with E-state index in [0.29, 0.717) is 17.0 Å². The zero-order valence-corrected chi connectivity index (χ0v) is 17.3. The van der Waals surface area contributed by atoms with Crippen LogP contribution in [0.3, 0.4) is 0 Å². The smallest absolute Gasteiger partial charge is 0.395 e. The number of ketones is 1. The van der Waals surface area contributed by atoms with Crippen LogP contribution in [0.5, 0.6) is 11.5 Å². The number of benzene rings is 3. The van der Waals surface area contributed by atoms with Crippen molar-refractivity contribution in [3.05, 3.63) is 90.0 Å². The third-order valence-electron chi connectivity index (χ3n) is 4.54. The Morgan fingerprint density at radius 3 is 2.10 bits per heavy atom. The second-order valence-corrected chi connectivity index (χ2v) is 7.87. The van der Waals surface area contributed by atoms with Crippen molar-refractivity contribution in [2.75, 3.05) is 11.9 Å². The summed E-state index contributed by atoms with van der Waals surface area (Å²) >= 11 is 0. The molecule has 0 radical (unpaired) electrons. The fourth-order valence-corrected chi connectivity index (χ4v) is 2.83. The molecule has 3 aromatic rings. The molecule has 5 heteroatoms. The number of ether oxygens (including phenoxy) is 2. The number of anilines is 1. The molecule has 0 spiro atoms. The predicted octanol–water partition coefficient (Wildman–Crippen LogP) is 5.86. The molecular formula is C25H25NO4. The van der Waals surface area contributed by atoms with Crippen molar-refractivity contribution >= 4 is 17.6 Å². The van der Waals surface area contributed by atoms with Crippen LogP contribution >= 0.6 is 0 Å². The van der Waals surface area contributed by atoms with Gasteiger partial charge in [0.05, 0.1) is 12.2 Å². The lowest BCUT2D eigenvalue weighted by molar-refractivity contribution is 0.101. The SMILES string of the molecule is CC(C)(C)c1ccc(C(=O)CNc2ccccc2OC(=O)Oc2ccccc2)cc1. The molecule has 0 saturated heterocycles. The molecule has 0 aliphatic carbocycles. The Kier molecular flexibility index (Phi) is 6.52. The van der Waals surface area contributed by atoms with Crippen LogP contribution in [0.2, 0.25) is 0 Å². The van der Waals surface area contributed by atoms with Crippen LogP contribution in [0.15, 0.2) is 78.9 Å². The van der Waals surface area contributed by atoms with E-state index in [9.17, 15) is 9.59 Å². The summed E-state index contributed by atoms with van der Waals surface area (Å²) in [5.41, 5.74) is 2.35. The molecule has 0 heterocycles. The molecule has 154 valence electrons. The minimum Gasteiger partial charge on any atom is -0.395 e. The highest BCUT2D eigenvalue weighted by molar-refractivity contribution is 5.99. The van der Waals surface area contributed by atoms with E-state index in [0.717, 1.165) is 0 Å². The lowest BCUT2D eigenvalue weighted by Crippen LogP contribution is -2.18. The number of para-hydroxylation sites is 3. The second-order valence-electron chi connectivity index (χ2n) is 7.87. The molecule has 0 aliphatic heterocycles. The van der Waals surface area contributed by atoms with Crippen molar-refractivity contribution in [2.45, 2.75) is 26.2 Å². The molecule has 0 aliphatic rings. The van der Waals surface area contributed by atoms with Gasteiger partial charge in [-0.25, -0.2) is 4.79 Å². The van der Waals surface area contributed by atoms with E-state index in [2.05, 4.69) is 26.1 Å². The van der Waals surface area contributed by atoms with Crippen LogP contribution in [-0.2, 0) is 5.41 Å². The Balaban J connectivity index is 1.62. The van der Waals surface area contributed by atoms with E-state index in [4.69, 9.17) is 9.47 Å². The Morgan fingerprint density at radius 2 is 1.43 bits per heavy atom. The van der Waals surface area contributed by atoms with Crippen molar-refractivity contribution in [2.24, 2.45) is 0 Å². The van der Waals surface area contributed by atoms with E-state index in [1.165, 1.54) is 5.56 Å². The second kappa shape index (κ2) is 9.27. The molecule has 0 bridgehead atoms. The number of rotatable bonds is 6. The number of carbonyl (C=O) groups excluding carboxylic acids is 2. The van der Waals surface area contributed by atoms with E-state index in [1.54, 1.807) is 48.5 Å². The summed E-state index contributed by atoms with van der Waals surface area (Å²) in [4.78, 5) is 24.6. The lowest BCUT2D eigenvalue weighted by Gasteiger charge is -2.19. The van der Waals surface area contributed by atoms with Crippen LogP contribution in [-0.4, -0.2) is 18.5 Å². The molecule has 5 nitrogen and oxygen atoms in total. The van der Waals surface area contributed by atoms with Crippen LogP contribution in [0, 0.1) is 0 Å². The van der Waals surface area contributed by atoms with Crippen molar-refractivity contribution in [1.29, 1.82) is 0 Å². The summed E-state index contributed by atoms with van der Waals surface area (Å²) in [5, 5.41) is 3.04. The van der Waals surface area contributed by atoms with Crippen LogP contribution in [0.4, 0.5) is 10.5 Å². The molecule has 30 heavy (non-hydrogen) atoms. The first-order valence-electron chi connectivity index (χ1n) is 9.74. The third kappa shape index (κ3) is 5.70. The van der Waals surface area contributed by atoms with Crippen molar-refractivity contribution in [1.82, 2.24) is 0 Å². The van der Waals surface area contributed by atoms with E-state index < -0.39 is 6.16 Å². The van der Waals surface area contributed by atoms with Gasteiger partial charge in [0.2, 0.25) is 0 Å². The van der Waals surface area contributed by atoms with E-state index in [-0.39, 0.29) is 23.5 Å². The molecule has 0 fully saturated rings. The highest BCUT2D eigenvalue weighted by atomic mass is 16.7. The number of hydrogen-bond acceptors (Lipinski definition) is 5. The van der Waals surface area contributed by atoms with Crippen LogP contribution < -0.4 is 14.8 Å². The van der Waals surface area contributed by atoms with Gasteiger partial charge in [0, 0.05) is 5.56 Å². The topological polar surface area (TPSA) is 64.6 Å². The standard InChI is InChI=1S/C25H25NO4/c1-25(2,3)19-15-13-18(14-16-19)22(27)17-26-21-11-7-8-12-23(21)30-24(28)29-20-9-5-4-6-10-20/h4-16,26H,17H2,1-3H3. The zero-order valence-electron chi connectivity index (χ0n) is 17.3. The summed E-state index contributed by atoms with van der Waals surface area (Å²) in [7, 11) is 0. The number of carbonyl (C=O) groups is 2. The highest BCUT2D eigenvalue weighted by Gasteiger charge is 2.15. The molecule has 3 aromatic carbocycles. The largest absolute Gasteiger partial charge is 0.519 e. The van der Waals surface area contributed by atoms with Crippen LogP contribution in [0.1, 0.15) is 36.7 Å². The quantitative estimate of drug-likeness (QED) is 0.317. The van der Waals surface area contributed by atoms with Gasteiger partial charge in [-0.1, -0.05) is 75.4 Å². The van der Waals surface area contributed by atoms with Gasteiger partial charge < -0.3 is 14.8 Å². The number of Topliss-reactive ketones (excluding diaryl/α,β-unsaturated/α-hetero) is 1. The first kappa shape index (κ1) is 21.1. The van der Waals surface area contributed by atoms with Gasteiger partial charge in [0.25, 0.3) is 0 Å². The Labute approximate surface area is 176 Å². The van der Waals surface area contributed by atoms with Gasteiger partial charge in [-0.05, 0) is 35.2 Å². The fourth-order valence-electron chi connectivity index (χ4n) is 2.83. The molecule has 3 rings (SSSR count). The molecule has 1 N–H and O–H groups in total. The van der Waals surface area contributed by atoms with Gasteiger partial charge in [0.1, 0.15) is 5.75 Å². The summed E-state index contributed by atoms with van der Waals surface area (Å²) in [6.45, 7) is 6.46. The average molecular weight is 403 g/mol. The van der Waals surface area contributed by atoms with Gasteiger partial charge >= 0.3 is 6.16 Å². The Morgan fingerprint density at radius 1 is 0.800 bits per heavy atom. The number of hydrogen-bond donors (Lipinski definition) is 1. The van der Waals surface area contributed by atoms with Crippen molar-refractivity contribution in [3.8, 4) is 11.5 Å². The summed E-state index contributed by atoms with van der Waals surface area (Å²) in [5.74, 6) is 0.619. The highest BCUT2D eigenvalue weighted by Crippen LogP contribution is 2.25. The summed E-state index contributed by atoms with van der Waals surface area (Å²) in [6.07, 6.45) is -0.848. The lowest BCUT2D eigenvalue weighted by atomic mass is 9.86. The fraction of sp³-hybridized carbons (Fsp3) is 0.200. The predicted molar refractivity (Wildman–Crippen MR) is 117 cm³/mol. The first-order valence-corrected chi connectivity index (χ1v) is 9.74. The molecule has 0 aromatic heterocycles. The molecule has 0 unspecified atom stereocenters. The van der Waals surface area contributed by atoms with Gasteiger partial charge in [-0.2, -0.15) is 0 Å². The van der Waals surface area contributed by atoms with E-state index >= 15 is 0 Å². The Hall–Kier alpha value is -3.60. The van der Waals surface area contributed by atoms with Gasteiger partial charge in [-0.3, -0.25) is 4.79 Å². The normalized spacial score (nSPS) is 10.9. The minimum absolute atomic E-state index is 0.0322. The summed E-state index contributed by atoms with van der Waals surface area (Å²) in [6, 6.07) is 23.2. The summed E-state index contributed by atoms with van der Waals surface area (Å²) < 4.78 is 10.5. The third-order valence-corrected chi connectivity index (χ3v) is 4.54. The van der Waals surface area contributed by atoms with Crippen molar-refractivity contribution in [3.63, 3.8) is 0 Å². The monoisotopic (exact) mass is 403 g/mol. The minimum atomic E-state index is -0.848. The van der Waals surface area contributed by atoms with Gasteiger partial charge in [-0.15, -0.1) is 0 Å². The van der Waals surface area contributed by atoms with Gasteiger partial charge in [0.15, 0.2) is 11.5 Å². The zero-order chi connectivity index (χ0) is 21.6. The number of nitrogens with one attached hydrogen (secondary N) is 1. The maximum absolute atomic E-state index is 12.6. The first-order chi connectivity index (χ1) is 14.3. The van der Waals surface area contributed by atoms with Crippen molar-refractivity contribution < 1.29 is 19.1 Å². The molecule has 0 amide bonds. The van der Waals surface area contributed by atoms with E-state index in [1.807, 2.05) is 30.3 Å². The molecular weight excluding hydrogens is 378 g/mol. The maximum Gasteiger partial charge on any atom is 0.519 e. The Bertz CT molecular complexity index is 1010. The average Bonchev–Trinajstić information content (AvgIpc) is 2.73. The molecule has 0 saturated carbocycles.